The third kappa shape index (κ3) is 4.36. The van der Waals surface area contributed by atoms with E-state index >= 15 is 0 Å². The number of rotatable bonds is 5. The zero-order chi connectivity index (χ0) is 18.5. The molecular formula is C20H18N2O4. The molecule has 1 atom stereocenters. The molecule has 0 spiro atoms. The number of nitrogens with zero attached hydrogens (tertiary/aromatic N) is 1. The number of hydrogen-bond acceptors (Lipinski definition) is 5. The van der Waals surface area contributed by atoms with E-state index in [4.69, 9.17) is 9.15 Å². The molecule has 132 valence electrons. The molecule has 1 N–H and O–H groups in total. The first-order valence-electron chi connectivity index (χ1n) is 8.13. The van der Waals surface area contributed by atoms with Gasteiger partial charge in [-0.2, -0.15) is 0 Å². The van der Waals surface area contributed by atoms with Gasteiger partial charge in [0.25, 0.3) is 5.91 Å². The van der Waals surface area contributed by atoms with Crippen LogP contribution in [0.1, 0.15) is 18.4 Å². The molecule has 0 saturated carbocycles. The van der Waals surface area contributed by atoms with Crippen molar-refractivity contribution >= 4 is 34.7 Å². The molecule has 26 heavy (non-hydrogen) atoms. The lowest BCUT2D eigenvalue weighted by Gasteiger charge is -2.12. The van der Waals surface area contributed by atoms with E-state index in [1.54, 1.807) is 12.1 Å². The van der Waals surface area contributed by atoms with E-state index in [1.165, 1.54) is 19.1 Å². The number of anilines is 1. The number of benzene rings is 2. The van der Waals surface area contributed by atoms with E-state index < -0.39 is 18.0 Å². The minimum atomic E-state index is -0.934. The first-order valence-corrected chi connectivity index (χ1v) is 8.13. The van der Waals surface area contributed by atoms with Crippen molar-refractivity contribution in [3.63, 3.8) is 0 Å². The summed E-state index contributed by atoms with van der Waals surface area (Å²) in [4.78, 5) is 28.2. The Labute approximate surface area is 150 Å². The summed E-state index contributed by atoms with van der Waals surface area (Å²) >= 11 is 0. The number of hydrogen-bond donors (Lipinski definition) is 1. The van der Waals surface area contributed by atoms with Crippen molar-refractivity contribution in [3.8, 4) is 0 Å². The summed E-state index contributed by atoms with van der Waals surface area (Å²) in [6.07, 6.45) is 1.66. The molecule has 0 radical (unpaired) electrons. The second-order valence-corrected chi connectivity index (χ2v) is 5.79. The van der Waals surface area contributed by atoms with Gasteiger partial charge in [-0.05, 0) is 43.7 Å². The van der Waals surface area contributed by atoms with Gasteiger partial charge in [0.1, 0.15) is 5.52 Å². The number of amides is 1. The topological polar surface area (TPSA) is 81.4 Å². The van der Waals surface area contributed by atoms with Crippen LogP contribution in [0.15, 0.2) is 59.0 Å². The monoisotopic (exact) mass is 350 g/mol. The summed E-state index contributed by atoms with van der Waals surface area (Å²) in [7, 11) is 0. The third-order valence-electron chi connectivity index (χ3n) is 3.62. The van der Waals surface area contributed by atoms with Gasteiger partial charge < -0.3 is 14.5 Å². The zero-order valence-corrected chi connectivity index (χ0v) is 14.4. The van der Waals surface area contributed by atoms with Crippen molar-refractivity contribution in [1.29, 1.82) is 0 Å². The zero-order valence-electron chi connectivity index (χ0n) is 14.4. The first-order chi connectivity index (χ1) is 12.5. The Morgan fingerprint density at radius 3 is 2.77 bits per heavy atom. The fraction of sp³-hybridized carbons (Fsp3) is 0.150. The van der Waals surface area contributed by atoms with Crippen molar-refractivity contribution < 1.29 is 18.7 Å². The van der Waals surface area contributed by atoms with Crippen LogP contribution in [-0.2, 0) is 14.3 Å². The number of fused-ring (bicyclic) bond motifs is 1. The number of ether oxygens (including phenoxy) is 1. The van der Waals surface area contributed by atoms with Crippen LogP contribution in [-0.4, -0.2) is 23.0 Å². The average Bonchev–Trinajstić information content (AvgIpc) is 3.03. The number of carbonyl (C=O) groups excluding carboxylic acids is 2. The van der Waals surface area contributed by atoms with Gasteiger partial charge in [-0.3, -0.25) is 4.79 Å². The summed E-state index contributed by atoms with van der Waals surface area (Å²) in [6.45, 7) is 3.44. The van der Waals surface area contributed by atoms with Gasteiger partial charge in [-0.1, -0.05) is 24.3 Å². The van der Waals surface area contributed by atoms with Gasteiger partial charge in [0.15, 0.2) is 11.7 Å². The normalized spacial score (nSPS) is 12.2. The number of para-hydroxylation sites is 2. The standard InChI is InChI=1S/C20H18N2O4/c1-13-6-5-7-15(12-13)21-20(24)14(2)25-19(23)11-10-18-22-16-8-3-4-9-17(16)26-18/h3-12,14H,1-2H3,(H,21,24)/b11-10+/t14-/m1/s1. The molecule has 1 aromatic heterocycles. The van der Waals surface area contributed by atoms with Crippen molar-refractivity contribution in [2.45, 2.75) is 20.0 Å². The Kier molecular flexibility index (Phi) is 5.12. The summed E-state index contributed by atoms with van der Waals surface area (Å²) < 4.78 is 10.6. The van der Waals surface area contributed by atoms with Crippen LogP contribution in [0.2, 0.25) is 0 Å². The smallest absolute Gasteiger partial charge is 0.331 e. The van der Waals surface area contributed by atoms with Crippen molar-refractivity contribution in [2.75, 3.05) is 5.32 Å². The average molecular weight is 350 g/mol. The highest BCUT2D eigenvalue weighted by molar-refractivity contribution is 5.96. The van der Waals surface area contributed by atoms with E-state index in [1.807, 2.05) is 43.3 Å². The van der Waals surface area contributed by atoms with Crippen LogP contribution in [0.5, 0.6) is 0 Å². The second-order valence-electron chi connectivity index (χ2n) is 5.79. The Bertz CT molecular complexity index is 942. The van der Waals surface area contributed by atoms with Crippen LogP contribution in [0.25, 0.3) is 17.2 Å². The summed E-state index contributed by atoms with van der Waals surface area (Å²) in [6, 6.07) is 14.7. The summed E-state index contributed by atoms with van der Waals surface area (Å²) in [5.74, 6) is -0.765. The highest BCUT2D eigenvalue weighted by Gasteiger charge is 2.16. The minimum absolute atomic E-state index is 0.292. The second kappa shape index (κ2) is 7.65. The fourth-order valence-corrected chi connectivity index (χ4v) is 2.33. The predicted molar refractivity (Wildman–Crippen MR) is 98.4 cm³/mol. The number of nitrogens with one attached hydrogen (secondary N) is 1. The molecule has 0 bridgehead atoms. The van der Waals surface area contributed by atoms with Gasteiger partial charge in [-0.25, -0.2) is 9.78 Å². The van der Waals surface area contributed by atoms with Crippen LogP contribution >= 0.6 is 0 Å². The molecule has 0 unspecified atom stereocenters. The molecular weight excluding hydrogens is 332 g/mol. The summed E-state index contributed by atoms with van der Waals surface area (Å²) in [5, 5.41) is 2.71. The van der Waals surface area contributed by atoms with Gasteiger partial charge in [-0.15, -0.1) is 0 Å². The molecule has 6 heteroatoms. The van der Waals surface area contributed by atoms with Gasteiger partial charge in [0, 0.05) is 17.8 Å². The molecule has 0 fully saturated rings. The Morgan fingerprint density at radius 1 is 1.19 bits per heavy atom. The van der Waals surface area contributed by atoms with Crippen LogP contribution in [0.4, 0.5) is 5.69 Å². The maximum Gasteiger partial charge on any atom is 0.331 e. The molecule has 0 aliphatic carbocycles. The molecule has 0 aliphatic rings. The molecule has 3 rings (SSSR count). The van der Waals surface area contributed by atoms with Crippen LogP contribution in [0, 0.1) is 6.92 Å². The molecule has 1 heterocycles. The molecule has 0 aliphatic heterocycles. The summed E-state index contributed by atoms with van der Waals surface area (Å²) in [5.41, 5.74) is 3.01. The number of aryl methyl sites for hydroxylation is 1. The Balaban J connectivity index is 1.57. The van der Waals surface area contributed by atoms with Crippen molar-refractivity contribution in [3.05, 3.63) is 66.1 Å². The maximum absolute atomic E-state index is 12.1. The Hall–Kier alpha value is -3.41. The predicted octanol–water partition coefficient (Wildman–Crippen LogP) is 3.72. The number of oxazole rings is 1. The van der Waals surface area contributed by atoms with Crippen molar-refractivity contribution in [2.24, 2.45) is 0 Å². The van der Waals surface area contributed by atoms with Crippen molar-refractivity contribution in [1.82, 2.24) is 4.98 Å². The highest BCUT2D eigenvalue weighted by atomic mass is 16.5. The highest BCUT2D eigenvalue weighted by Crippen LogP contribution is 2.15. The van der Waals surface area contributed by atoms with E-state index in [2.05, 4.69) is 10.3 Å². The van der Waals surface area contributed by atoms with Gasteiger partial charge in [0.05, 0.1) is 0 Å². The first kappa shape index (κ1) is 17.4. The molecule has 1 amide bonds. The molecule has 3 aromatic rings. The lowest BCUT2D eigenvalue weighted by atomic mass is 10.2. The largest absolute Gasteiger partial charge is 0.449 e. The maximum atomic E-state index is 12.1. The molecule has 6 nitrogen and oxygen atoms in total. The van der Waals surface area contributed by atoms with Crippen LogP contribution < -0.4 is 5.32 Å². The molecule has 2 aromatic carbocycles. The number of aromatic nitrogens is 1. The van der Waals surface area contributed by atoms with Gasteiger partial charge in [0.2, 0.25) is 5.89 Å². The van der Waals surface area contributed by atoms with E-state index in [0.29, 0.717) is 22.7 Å². The van der Waals surface area contributed by atoms with Crippen LogP contribution in [0.3, 0.4) is 0 Å². The third-order valence-corrected chi connectivity index (χ3v) is 3.62. The van der Waals surface area contributed by atoms with E-state index in [-0.39, 0.29) is 0 Å². The lowest BCUT2D eigenvalue weighted by molar-refractivity contribution is -0.148. The number of esters is 1. The molecule has 0 saturated heterocycles. The van der Waals surface area contributed by atoms with E-state index in [9.17, 15) is 9.59 Å². The lowest BCUT2D eigenvalue weighted by Crippen LogP contribution is -2.29. The minimum Gasteiger partial charge on any atom is -0.449 e. The fourth-order valence-electron chi connectivity index (χ4n) is 2.33. The quantitative estimate of drug-likeness (QED) is 0.560. The number of carbonyl (C=O) groups is 2. The van der Waals surface area contributed by atoms with E-state index in [0.717, 1.165) is 5.56 Å². The SMILES string of the molecule is Cc1cccc(NC(=O)[C@@H](C)OC(=O)/C=C/c2nc3ccccc3o2)c1. The Morgan fingerprint density at radius 2 is 2.00 bits per heavy atom. The van der Waals surface area contributed by atoms with Gasteiger partial charge >= 0.3 is 5.97 Å².